The molecule has 2 aliphatic heterocycles. The van der Waals surface area contributed by atoms with Crippen LogP contribution in [0.5, 0.6) is 0 Å². The molecule has 1 amide bonds. The summed E-state index contributed by atoms with van der Waals surface area (Å²) < 4.78 is 39.0. The van der Waals surface area contributed by atoms with E-state index < -0.39 is 11.7 Å². The van der Waals surface area contributed by atoms with Gasteiger partial charge in [0.05, 0.1) is 5.56 Å². The summed E-state index contributed by atoms with van der Waals surface area (Å²) in [6.07, 6.45) is 0.876. The van der Waals surface area contributed by atoms with Gasteiger partial charge < -0.3 is 10.6 Å². The lowest BCUT2D eigenvalue weighted by molar-refractivity contribution is -0.137. The minimum Gasteiger partial charge on any atom is -0.394 e. The van der Waals surface area contributed by atoms with Gasteiger partial charge in [-0.15, -0.1) is 0 Å². The molecule has 3 rings (SSSR count). The summed E-state index contributed by atoms with van der Waals surface area (Å²) in [6.45, 7) is 6.04. The molecule has 1 aromatic rings. The average Bonchev–Trinajstić information content (AvgIpc) is 2.81. The number of carbonyl (C=O) groups is 1. The smallest absolute Gasteiger partial charge is 0.394 e. The third kappa shape index (κ3) is 6.34. The fourth-order valence-corrected chi connectivity index (χ4v) is 4.25. The molecule has 2 saturated heterocycles. The number of carbonyl (C=O) groups excluding carboxylic acids is 1. The summed E-state index contributed by atoms with van der Waals surface area (Å²) in [4.78, 5) is 21.7. The van der Waals surface area contributed by atoms with Gasteiger partial charge in [-0.05, 0) is 43.7 Å². The number of halogens is 3. The molecule has 0 spiro atoms. The van der Waals surface area contributed by atoms with E-state index in [1.54, 1.807) is 6.07 Å². The van der Waals surface area contributed by atoms with E-state index in [-0.39, 0.29) is 11.6 Å². The number of rotatable bonds is 6. The summed E-state index contributed by atoms with van der Waals surface area (Å²) in [6, 6.07) is 5.47. The molecule has 2 N–H and O–H groups in total. The van der Waals surface area contributed by atoms with E-state index in [0.717, 1.165) is 62.7 Å². The molecule has 0 unspecified atom stereocenters. The van der Waals surface area contributed by atoms with Crippen LogP contribution >= 0.6 is 0 Å². The average molecular weight is 451 g/mol. The van der Waals surface area contributed by atoms with E-state index in [4.69, 9.17) is 5.73 Å². The van der Waals surface area contributed by atoms with Gasteiger partial charge in [0.15, 0.2) is 0 Å². The third-order valence-electron chi connectivity index (χ3n) is 6.09. The number of nitrogens with two attached hydrogens (primary N) is 1. The maximum Gasteiger partial charge on any atom is 0.416 e. The van der Waals surface area contributed by atoms with Crippen molar-refractivity contribution in [2.45, 2.75) is 51.6 Å². The van der Waals surface area contributed by atoms with Gasteiger partial charge in [0, 0.05) is 57.0 Å². The molecule has 0 radical (unpaired) electrons. The normalized spacial score (nSPS) is 21.1. The first kappa shape index (κ1) is 24.3. The van der Waals surface area contributed by atoms with Crippen molar-refractivity contribution in [3.8, 4) is 0 Å². The maximum atomic E-state index is 13.0. The number of alkyl halides is 3. The fraction of sp³-hybridized carbons (Fsp3) is 0.583. The zero-order valence-electron chi connectivity index (χ0n) is 18.8. The van der Waals surface area contributed by atoms with Crippen LogP contribution in [-0.2, 0) is 17.4 Å². The van der Waals surface area contributed by atoms with Crippen LogP contribution in [0.1, 0.15) is 50.2 Å². The molecule has 176 valence electrons. The van der Waals surface area contributed by atoms with E-state index in [0.29, 0.717) is 38.0 Å². The largest absolute Gasteiger partial charge is 0.416 e. The molecule has 2 fully saturated rings. The monoisotopic (exact) mass is 450 g/mol. The molecule has 0 aliphatic carbocycles. The highest BCUT2D eigenvalue weighted by atomic mass is 19.4. The number of amides is 1. The Kier molecular flexibility index (Phi) is 8.34. The Morgan fingerprint density at radius 3 is 2.59 bits per heavy atom. The number of hydrogen-bond acceptors (Lipinski definition) is 4. The van der Waals surface area contributed by atoms with E-state index >= 15 is 0 Å². The molecule has 32 heavy (non-hydrogen) atoms. The number of hydrogen-bond donors (Lipinski definition) is 1. The van der Waals surface area contributed by atoms with E-state index in [9.17, 15) is 18.0 Å². The second-order valence-electron chi connectivity index (χ2n) is 8.55. The van der Waals surface area contributed by atoms with Crippen LogP contribution in [0.3, 0.4) is 0 Å². The highest BCUT2D eigenvalue weighted by Gasteiger charge is 2.31. The van der Waals surface area contributed by atoms with Crippen molar-refractivity contribution in [1.29, 1.82) is 0 Å². The summed E-state index contributed by atoms with van der Waals surface area (Å²) in [5, 5.41) is 0. The summed E-state index contributed by atoms with van der Waals surface area (Å²) in [5.41, 5.74) is 8.34. The van der Waals surface area contributed by atoms with Gasteiger partial charge in [-0.25, -0.2) is 0 Å². The molecular formula is C24H33F3N4O. The van der Waals surface area contributed by atoms with Crippen molar-refractivity contribution in [2.24, 2.45) is 10.7 Å². The number of aliphatic imine (C=N–C) groups is 1. The Balaban J connectivity index is 1.73. The van der Waals surface area contributed by atoms with Crippen molar-refractivity contribution in [3.05, 3.63) is 46.7 Å². The lowest BCUT2D eigenvalue weighted by Crippen LogP contribution is -2.43. The molecule has 5 nitrogen and oxygen atoms in total. The van der Waals surface area contributed by atoms with Crippen molar-refractivity contribution in [3.63, 3.8) is 0 Å². The quantitative estimate of drug-likeness (QED) is 0.666. The topological polar surface area (TPSA) is 61.9 Å². The number of piperidine rings is 2. The van der Waals surface area contributed by atoms with Gasteiger partial charge >= 0.3 is 6.18 Å². The van der Waals surface area contributed by atoms with Crippen LogP contribution in [0, 0.1) is 0 Å². The molecule has 0 atom stereocenters. The first-order chi connectivity index (χ1) is 15.3. The Bertz CT molecular complexity index is 857. The van der Waals surface area contributed by atoms with Crippen LogP contribution in [0.25, 0.3) is 0 Å². The van der Waals surface area contributed by atoms with E-state index in [1.807, 2.05) is 4.90 Å². The SMILES string of the molecule is CCCN=C1CCN(CCc2cccc(C(F)(F)F)c2)C/C1=C(/N)C(=O)N1CCCCC1. The van der Waals surface area contributed by atoms with E-state index in [1.165, 1.54) is 12.1 Å². The highest BCUT2D eigenvalue weighted by Crippen LogP contribution is 2.29. The Morgan fingerprint density at radius 1 is 1.16 bits per heavy atom. The number of benzene rings is 1. The van der Waals surface area contributed by atoms with Crippen molar-refractivity contribution >= 4 is 11.6 Å². The second kappa shape index (κ2) is 11.0. The van der Waals surface area contributed by atoms with E-state index in [2.05, 4.69) is 16.8 Å². The number of nitrogens with zero attached hydrogens (tertiary/aromatic N) is 3. The zero-order valence-corrected chi connectivity index (χ0v) is 18.8. The Labute approximate surface area is 188 Å². The first-order valence-electron chi connectivity index (χ1n) is 11.5. The standard InChI is InChI=1S/C24H33F3N4O/c1-2-11-29-21-10-15-30(14-9-18-7-6-8-19(16-18)24(25,26)27)17-20(21)22(28)23(32)31-12-4-3-5-13-31/h6-8,16H,2-5,9-15,17,28H2,1H3/b22-20-,29-21?. The lowest BCUT2D eigenvalue weighted by Gasteiger charge is -2.32. The van der Waals surface area contributed by atoms with Gasteiger partial charge in [-0.3, -0.25) is 14.7 Å². The van der Waals surface area contributed by atoms with Crippen LogP contribution in [-0.4, -0.2) is 60.7 Å². The van der Waals surface area contributed by atoms with Gasteiger partial charge in [0.1, 0.15) is 5.70 Å². The molecular weight excluding hydrogens is 417 g/mol. The molecule has 0 bridgehead atoms. The predicted octanol–water partition coefficient (Wildman–Crippen LogP) is 4.03. The summed E-state index contributed by atoms with van der Waals surface area (Å²) >= 11 is 0. The van der Waals surface area contributed by atoms with Crippen molar-refractivity contribution in [2.75, 3.05) is 39.3 Å². The van der Waals surface area contributed by atoms with Gasteiger partial charge in [-0.1, -0.05) is 25.1 Å². The van der Waals surface area contributed by atoms with Crippen LogP contribution < -0.4 is 5.73 Å². The van der Waals surface area contributed by atoms with Crippen molar-refractivity contribution in [1.82, 2.24) is 9.80 Å². The first-order valence-corrected chi connectivity index (χ1v) is 11.5. The lowest BCUT2D eigenvalue weighted by atomic mass is 9.98. The molecule has 0 aromatic heterocycles. The minimum atomic E-state index is -4.34. The van der Waals surface area contributed by atoms with Crippen LogP contribution in [0.2, 0.25) is 0 Å². The summed E-state index contributed by atoms with van der Waals surface area (Å²) in [7, 11) is 0. The van der Waals surface area contributed by atoms with Crippen molar-refractivity contribution < 1.29 is 18.0 Å². The molecule has 2 heterocycles. The minimum absolute atomic E-state index is 0.122. The van der Waals surface area contributed by atoms with Crippen LogP contribution in [0.4, 0.5) is 13.2 Å². The predicted molar refractivity (Wildman–Crippen MR) is 120 cm³/mol. The second-order valence-corrected chi connectivity index (χ2v) is 8.55. The van der Waals surface area contributed by atoms with Gasteiger partial charge in [0.25, 0.3) is 5.91 Å². The summed E-state index contributed by atoms with van der Waals surface area (Å²) in [5.74, 6) is -0.122. The Morgan fingerprint density at radius 2 is 1.91 bits per heavy atom. The highest BCUT2D eigenvalue weighted by molar-refractivity contribution is 6.08. The zero-order chi connectivity index (χ0) is 23.1. The molecule has 8 heteroatoms. The number of likely N-dealkylation sites (tertiary alicyclic amines) is 2. The maximum absolute atomic E-state index is 13.0. The third-order valence-corrected chi connectivity index (χ3v) is 6.09. The molecule has 2 aliphatic rings. The Hall–Kier alpha value is -2.35. The van der Waals surface area contributed by atoms with Crippen LogP contribution in [0.15, 0.2) is 40.5 Å². The van der Waals surface area contributed by atoms with Gasteiger partial charge in [-0.2, -0.15) is 13.2 Å². The molecule has 0 saturated carbocycles. The van der Waals surface area contributed by atoms with Gasteiger partial charge in [0.2, 0.25) is 0 Å². The fourth-order valence-electron chi connectivity index (χ4n) is 4.25. The molecule has 1 aromatic carbocycles.